The van der Waals surface area contributed by atoms with Gasteiger partial charge in [-0.25, -0.2) is 9.18 Å². The summed E-state index contributed by atoms with van der Waals surface area (Å²) in [6.07, 6.45) is 8.88. The predicted molar refractivity (Wildman–Crippen MR) is 477 cm³/mol. The van der Waals surface area contributed by atoms with Gasteiger partial charge in [-0.1, -0.05) is 243 Å². The molecular weight excluding hydrogens is 1630 g/mol. The zero-order chi connectivity index (χ0) is 90.6. The van der Waals surface area contributed by atoms with Crippen LogP contribution in [0, 0.1) is 19.7 Å². The maximum atomic E-state index is 14.3. The van der Waals surface area contributed by atoms with Crippen molar-refractivity contribution < 1.29 is 57.6 Å². The fraction of sp³-hybridized carbons (Fsp3) is 0.293. The third-order valence-electron chi connectivity index (χ3n) is 24.0. The molecule has 29 heteroatoms. The molecule has 0 saturated heterocycles. The molecule has 17 rings (SSSR count). The van der Waals surface area contributed by atoms with Gasteiger partial charge in [-0.3, -0.25) is 61.9 Å². The molecular formula is C99H100FN13O15. The average molecular weight is 1730 g/mol. The minimum atomic E-state index is -0.747. The van der Waals surface area contributed by atoms with Gasteiger partial charge in [0.15, 0.2) is 34.3 Å². The van der Waals surface area contributed by atoms with Crippen molar-refractivity contribution in [1.29, 1.82) is 0 Å². The number of nitrogens with zero attached hydrogens (tertiary/aromatic N) is 12. The Labute approximate surface area is 738 Å². The van der Waals surface area contributed by atoms with Crippen LogP contribution in [0.3, 0.4) is 0 Å². The number of aromatic hydroxyl groups is 2. The molecule has 5 amide bonds. The predicted octanol–water partition coefficient (Wildman–Crippen LogP) is 13.5. The Morgan fingerprint density at radius 2 is 0.836 bits per heavy atom. The molecule has 3 N–H and O–H groups in total. The molecule has 1 saturated carbocycles. The van der Waals surface area contributed by atoms with E-state index >= 15 is 0 Å². The molecule has 6 unspecified atom stereocenters. The molecule has 5 aliphatic rings. The number of alkyl carbamates (subject to hydrolysis) is 1. The summed E-state index contributed by atoms with van der Waals surface area (Å²) in [7, 11) is 3.06. The molecule has 1 aliphatic carbocycles. The summed E-state index contributed by atoms with van der Waals surface area (Å²) in [6.45, 7) is 12.3. The number of aryl methyl sites for hydroxylation is 2. The molecule has 4 aromatic heterocycles. The quantitative estimate of drug-likeness (QED) is 0.0500. The first kappa shape index (κ1) is 89.5. The number of rotatable bonds is 19. The van der Waals surface area contributed by atoms with Gasteiger partial charge >= 0.3 is 12.1 Å². The number of likely N-dealkylation sites (N-methyl/N-ethyl adjacent to an activating group) is 2. The highest BCUT2D eigenvalue weighted by Crippen LogP contribution is 2.46. The molecule has 658 valence electrons. The number of carbonyl (C=O) groups excluding carboxylic acids is 6. The Hall–Kier alpha value is -14.8. The van der Waals surface area contributed by atoms with E-state index in [1.54, 1.807) is 32.3 Å². The number of halogens is 1. The highest BCUT2D eigenvalue weighted by Gasteiger charge is 2.46. The van der Waals surface area contributed by atoms with Crippen molar-refractivity contribution in [3.8, 4) is 23.0 Å². The van der Waals surface area contributed by atoms with E-state index in [0.29, 0.717) is 31.7 Å². The topological polar surface area (TPSA) is 335 Å². The van der Waals surface area contributed by atoms with E-state index in [1.165, 1.54) is 46.8 Å². The van der Waals surface area contributed by atoms with Crippen molar-refractivity contribution >= 4 is 35.7 Å². The number of amides is 5. The summed E-state index contributed by atoms with van der Waals surface area (Å²) in [4.78, 5) is 132. The van der Waals surface area contributed by atoms with Gasteiger partial charge in [0.25, 0.3) is 23.6 Å². The smallest absolute Gasteiger partial charge is 0.409 e. The number of benzene rings is 8. The summed E-state index contributed by atoms with van der Waals surface area (Å²) < 4.78 is 36.1. The van der Waals surface area contributed by atoms with Crippen LogP contribution in [0.1, 0.15) is 205 Å². The van der Waals surface area contributed by atoms with Crippen LogP contribution in [0.5, 0.6) is 23.0 Å². The minimum Gasteiger partial charge on any atom is -0.502 e. The lowest BCUT2D eigenvalue weighted by Crippen LogP contribution is -2.51. The van der Waals surface area contributed by atoms with Gasteiger partial charge in [0.1, 0.15) is 5.82 Å². The van der Waals surface area contributed by atoms with E-state index in [0.717, 1.165) is 101 Å². The second-order valence-corrected chi connectivity index (χ2v) is 32.5. The third kappa shape index (κ3) is 19.2. The van der Waals surface area contributed by atoms with Crippen LogP contribution in [0.4, 0.5) is 9.18 Å². The molecule has 8 aromatic carbocycles. The van der Waals surface area contributed by atoms with Crippen molar-refractivity contribution in [3.05, 3.63) is 374 Å². The molecule has 1 fully saturated rings. The van der Waals surface area contributed by atoms with Crippen LogP contribution >= 0.6 is 0 Å². The largest absolute Gasteiger partial charge is 0.502 e. The Morgan fingerprint density at radius 1 is 0.453 bits per heavy atom. The van der Waals surface area contributed by atoms with Gasteiger partial charge in [-0.2, -0.15) is 20.4 Å². The van der Waals surface area contributed by atoms with Crippen LogP contribution in [0.2, 0.25) is 0 Å². The molecule has 12 aromatic rings. The maximum absolute atomic E-state index is 14.3. The fourth-order valence-electron chi connectivity index (χ4n) is 18.1. The first-order chi connectivity index (χ1) is 61.8. The van der Waals surface area contributed by atoms with Crippen LogP contribution in [0.15, 0.2) is 268 Å². The maximum Gasteiger partial charge on any atom is 0.409 e. The molecule has 0 radical (unpaired) electrons. The molecule has 128 heavy (non-hydrogen) atoms. The summed E-state index contributed by atoms with van der Waals surface area (Å²) in [5.41, 5.74) is 7.68. The van der Waals surface area contributed by atoms with Gasteiger partial charge in [0, 0.05) is 89.5 Å². The SMILES string of the molecule is CC(=O)Oc1c2n(ncc1=O)C(C(c1ccccc1)c1ccccc1)CN(C(C)C)C2=O.CCN1CC(C(c2cccc(C)c2)c2cccc(F)c2)n2ncc(=O)c(OCOC(=O)NC)c2C1=O.Cc1cccc(C(c2ccccc2)C2CN(C)C(=O)c3c(O)c(=O)cnn32)c1.O=C1c2c(O)c(=O)cnn2C(C(c2ccccc2)c2ccccc2)CN1C1CCCCC1. The van der Waals surface area contributed by atoms with Crippen molar-refractivity contribution in [1.82, 2.24) is 64.0 Å². The first-order valence-corrected chi connectivity index (χ1v) is 42.6. The number of nitrogens with one attached hydrogen (secondary N) is 1. The standard InChI is InChI=1S/C26H27FN4O5.C26H27N3O3.C25H25N3O4.C22H21N3O3/c1-4-30-14-20(22(17-8-5-7-16(2)11-17)18-9-6-10-19(27)12-18)31-23(25(30)33)24(21(32)13-29-31)35-15-36-26(34)28-3;30-22-16-27-29-21(23(18-10-4-1-5-11-18)19-12-6-2-7-13-19)17-28(20-14-8-3-9-15-20)26(32)24(29)25(22)31;1-16(2)27-15-20(22(18-10-6-4-7-11-18)19-12-8-5-9-13-19)28-23(25(27)31)24(32-17(3)29)21(30)14-26-28;1-14-7-6-10-16(11-14)19(15-8-4-3-5-9-15)17-13-24(2)22(28)20-21(27)18(26)12-23-25(17)20/h5-13,20,22H,4,14-15H2,1-3H3,(H,28,34);1-2,4-7,10-13,16,20-21,23,31H,3,8-9,14-15,17H2;4-14,16,20,22H,15H2,1-3H3;3-12,17,19,27H,13H2,1-2H3. The van der Waals surface area contributed by atoms with Gasteiger partial charge in [-0.15, -0.1) is 0 Å². The average Bonchev–Trinajstić information content (AvgIpc) is 0.826. The fourth-order valence-corrected chi connectivity index (χ4v) is 18.1. The second-order valence-electron chi connectivity index (χ2n) is 32.5. The number of esters is 1. The molecule has 4 aliphatic heterocycles. The Balaban J connectivity index is 0.000000139. The Kier molecular flexibility index (Phi) is 28.0. The number of carbonyl (C=O) groups is 6. The Morgan fingerprint density at radius 3 is 1.27 bits per heavy atom. The molecule has 8 heterocycles. The normalized spacial score (nSPS) is 16.9. The lowest BCUT2D eigenvalue weighted by atomic mass is 9.83. The van der Waals surface area contributed by atoms with E-state index in [4.69, 9.17) is 14.2 Å². The number of hydrogen-bond acceptors (Lipinski definition) is 19. The summed E-state index contributed by atoms with van der Waals surface area (Å²) in [5, 5.41) is 40.5. The molecule has 6 atom stereocenters. The van der Waals surface area contributed by atoms with Crippen LogP contribution in [-0.2, 0) is 9.53 Å². The van der Waals surface area contributed by atoms with Crippen molar-refractivity contribution in [3.63, 3.8) is 0 Å². The van der Waals surface area contributed by atoms with Gasteiger partial charge in [0.05, 0.1) is 49.0 Å². The number of fused-ring (bicyclic) bond motifs is 4. The number of aromatic nitrogens is 8. The van der Waals surface area contributed by atoms with Gasteiger partial charge < -0.3 is 49.3 Å². The van der Waals surface area contributed by atoms with Crippen LogP contribution < -0.4 is 36.5 Å². The van der Waals surface area contributed by atoms with Gasteiger partial charge in [0.2, 0.25) is 40.0 Å². The zero-order valence-electron chi connectivity index (χ0n) is 72.2. The molecule has 28 nitrogen and oxygen atoms in total. The van der Waals surface area contributed by atoms with Crippen molar-refractivity contribution in [2.24, 2.45) is 0 Å². The summed E-state index contributed by atoms with van der Waals surface area (Å²) in [6, 6.07) is 71.4. The summed E-state index contributed by atoms with van der Waals surface area (Å²) in [5.74, 6) is -4.89. The first-order valence-electron chi connectivity index (χ1n) is 42.6. The molecule has 0 bridgehead atoms. The highest BCUT2D eigenvalue weighted by molar-refractivity contribution is 5.98. The number of hydrogen-bond donors (Lipinski definition) is 3. The monoisotopic (exact) mass is 1730 g/mol. The molecule has 0 spiro atoms. The van der Waals surface area contributed by atoms with Crippen LogP contribution in [0.25, 0.3) is 0 Å². The second kappa shape index (κ2) is 40.0. The van der Waals surface area contributed by atoms with Gasteiger partial charge in [-0.05, 0) is 104 Å². The lowest BCUT2D eigenvalue weighted by molar-refractivity contribution is -0.132. The van der Waals surface area contributed by atoms with E-state index in [-0.39, 0.29) is 106 Å². The van der Waals surface area contributed by atoms with Crippen molar-refractivity contribution in [2.45, 2.75) is 134 Å². The highest BCUT2D eigenvalue weighted by atomic mass is 19.1. The number of ether oxygens (including phenoxy) is 3. The van der Waals surface area contributed by atoms with Crippen LogP contribution in [-0.4, -0.2) is 170 Å². The van der Waals surface area contributed by atoms with E-state index in [9.17, 15) is 62.5 Å². The van der Waals surface area contributed by atoms with E-state index in [1.807, 2.05) is 209 Å². The summed E-state index contributed by atoms with van der Waals surface area (Å²) >= 11 is 0. The third-order valence-corrected chi connectivity index (χ3v) is 24.0. The Bertz CT molecular complexity index is 6170. The van der Waals surface area contributed by atoms with Crippen molar-refractivity contribution in [2.75, 3.05) is 53.6 Å². The minimum absolute atomic E-state index is 0.00881. The lowest BCUT2D eigenvalue weighted by Gasteiger charge is -2.43. The zero-order valence-corrected chi connectivity index (χ0v) is 72.2. The van der Waals surface area contributed by atoms with E-state index in [2.05, 4.69) is 62.1 Å². The van der Waals surface area contributed by atoms with E-state index < -0.39 is 75.8 Å².